The highest BCUT2D eigenvalue weighted by atomic mass is 16.5. The molecule has 1 aliphatic rings. The van der Waals surface area contributed by atoms with Crippen molar-refractivity contribution in [3.8, 4) is 5.75 Å². The van der Waals surface area contributed by atoms with Crippen LogP contribution >= 0.6 is 0 Å². The number of methoxy groups -OCH3 is 1. The lowest BCUT2D eigenvalue weighted by atomic mass is 9.82. The van der Waals surface area contributed by atoms with Gasteiger partial charge >= 0.3 is 0 Å². The summed E-state index contributed by atoms with van der Waals surface area (Å²) < 4.78 is 5.28. The van der Waals surface area contributed by atoms with Gasteiger partial charge in [0.25, 0.3) is 5.91 Å². The molecule has 3 rings (SSSR count). The molecular formula is C24H38N4O2. The summed E-state index contributed by atoms with van der Waals surface area (Å²) in [6.07, 6.45) is 6.26. The highest BCUT2D eigenvalue weighted by molar-refractivity contribution is 5.98. The SMILES string of the molecule is CCCCC1(N(C)C)CCN(CCN(C)C(=O)c2cc3cc(OC)ccc3[nH]2)CC1. The van der Waals surface area contributed by atoms with Crippen LogP contribution in [0.25, 0.3) is 10.9 Å². The zero-order valence-electron chi connectivity index (χ0n) is 19.3. The summed E-state index contributed by atoms with van der Waals surface area (Å²) in [5.41, 5.74) is 1.93. The standard InChI is InChI=1S/C24H38N4O2/c1-6-7-10-24(26(2)3)11-13-28(14-12-24)16-15-27(4)23(29)22-18-19-17-20(30-5)8-9-21(19)25-22/h8-9,17-18,25H,6-7,10-16H2,1-5H3. The van der Waals surface area contributed by atoms with Crippen molar-refractivity contribution in [1.29, 1.82) is 0 Å². The highest BCUT2D eigenvalue weighted by Gasteiger charge is 2.35. The summed E-state index contributed by atoms with van der Waals surface area (Å²) in [6, 6.07) is 7.72. The topological polar surface area (TPSA) is 51.8 Å². The zero-order valence-corrected chi connectivity index (χ0v) is 19.3. The quantitative estimate of drug-likeness (QED) is 0.677. The van der Waals surface area contributed by atoms with Gasteiger partial charge in [-0.1, -0.05) is 19.8 Å². The van der Waals surface area contributed by atoms with Crippen LogP contribution in [-0.4, -0.2) is 85.6 Å². The molecule has 2 heterocycles. The van der Waals surface area contributed by atoms with Gasteiger partial charge in [-0.3, -0.25) is 4.79 Å². The number of carbonyl (C=O) groups excluding carboxylic acids is 1. The van der Waals surface area contributed by atoms with E-state index in [2.05, 4.69) is 35.8 Å². The monoisotopic (exact) mass is 414 g/mol. The molecule has 0 aliphatic carbocycles. The molecule has 1 amide bonds. The van der Waals surface area contributed by atoms with Gasteiger partial charge in [-0.2, -0.15) is 0 Å². The number of H-pyrrole nitrogens is 1. The van der Waals surface area contributed by atoms with E-state index in [9.17, 15) is 4.79 Å². The Labute approximate surface area is 181 Å². The second-order valence-electron chi connectivity index (χ2n) is 8.93. The van der Waals surface area contributed by atoms with E-state index in [0.29, 0.717) is 11.2 Å². The molecule has 0 atom stereocenters. The Morgan fingerprint density at radius 1 is 1.20 bits per heavy atom. The van der Waals surface area contributed by atoms with Crippen LogP contribution in [0.2, 0.25) is 0 Å². The molecule has 1 aromatic carbocycles. The first-order valence-electron chi connectivity index (χ1n) is 11.2. The maximum absolute atomic E-state index is 12.9. The number of amides is 1. The molecule has 0 unspecified atom stereocenters. The number of unbranched alkanes of at least 4 members (excludes halogenated alkanes) is 1. The van der Waals surface area contributed by atoms with Crippen LogP contribution in [0, 0.1) is 0 Å². The second-order valence-corrected chi connectivity index (χ2v) is 8.93. The van der Waals surface area contributed by atoms with Crippen molar-refractivity contribution >= 4 is 16.8 Å². The Morgan fingerprint density at radius 2 is 1.93 bits per heavy atom. The first-order chi connectivity index (χ1) is 14.4. The van der Waals surface area contributed by atoms with E-state index in [1.807, 2.05) is 36.2 Å². The number of hydrogen-bond donors (Lipinski definition) is 1. The minimum Gasteiger partial charge on any atom is -0.497 e. The Balaban J connectivity index is 1.53. The molecule has 6 heteroatoms. The number of ether oxygens (including phenoxy) is 1. The summed E-state index contributed by atoms with van der Waals surface area (Å²) in [5.74, 6) is 0.833. The molecule has 30 heavy (non-hydrogen) atoms. The number of piperidine rings is 1. The third kappa shape index (κ3) is 4.98. The number of nitrogens with zero attached hydrogens (tertiary/aromatic N) is 3. The number of aromatic amines is 1. The Morgan fingerprint density at radius 3 is 2.57 bits per heavy atom. The van der Waals surface area contributed by atoms with Crippen molar-refractivity contribution in [2.45, 2.75) is 44.6 Å². The van der Waals surface area contributed by atoms with Gasteiger partial charge in [0.05, 0.1) is 7.11 Å². The summed E-state index contributed by atoms with van der Waals surface area (Å²) in [7, 11) is 8.01. The molecule has 0 spiro atoms. The molecule has 166 valence electrons. The number of likely N-dealkylation sites (N-methyl/N-ethyl adjacent to an activating group) is 1. The molecule has 0 radical (unpaired) electrons. The van der Waals surface area contributed by atoms with Crippen LogP contribution in [0.15, 0.2) is 24.3 Å². The molecule has 0 bridgehead atoms. The number of carbonyl (C=O) groups is 1. The average molecular weight is 415 g/mol. The summed E-state index contributed by atoms with van der Waals surface area (Å²) in [5, 5.41) is 0.995. The van der Waals surface area contributed by atoms with E-state index >= 15 is 0 Å². The predicted octanol–water partition coefficient (Wildman–Crippen LogP) is 3.83. The third-order valence-electron chi connectivity index (χ3n) is 6.89. The number of aromatic nitrogens is 1. The minimum atomic E-state index is 0.0350. The van der Waals surface area contributed by atoms with E-state index in [-0.39, 0.29) is 5.91 Å². The Hall–Kier alpha value is -2.05. The van der Waals surface area contributed by atoms with Crippen LogP contribution in [0.1, 0.15) is 49.5 Å². The second kappa shape index (κ2) is 9.84. The molecule has 1 saturated heterocycles. The molecule has 6 nitrogen and oxygen atoms in total. The van der Waals surface area contributed by atoms with Crippen molar-refractivity contribution < 1.29 is 9.53 Å². The van der Waals surface area contributed by atoms with Crippen molar-refractivity contribution in [2.24, 2.45) is 0 Å². The van der Waals surface area contributed by atoms with Crippen LogP contribution in [0.3, 0.4) is 0 Å². The fourth-order valence-corrected chi connectivity index (χ4v) is 4.57. The first kappa shape index (κ1) is 22.6. The van der Waals surface area contributed by atoms with E-state index in [0.717, 1.165) is 42.8 Å². The van der Waals surface area contributed by atoms with Crippen LogP contribution in [0.4, 0.5) is 0 Å². The molecular weight excluding hydrogens is 376 g/mol. The summed E-state index contributed by atoms with van der Waals surface area (Å²) in [6.45, 7) is 6.15. The normalized spacial score (nSPS) is 16.9. The predicted molar refractivity (Wildman–Crippen MR) is 123 cm³/mol. The lowest BCUT2D eigenvalue weighted by molar-refractivity contribution is 0.0432. The smallest absolute Gasteiger partial charge is 0.270 e. The van der Waals surface area contributed by atoms with Gasteiger partial charge in [0.1, 0.15) is 11.4 Å². The van der Waals surface area contributed by atoms with Gasteiger partial charge < -0.3 is 24.4 Å². The summed E-state index contributed by atoms with van der Waals surface area (Å²) in [4.78, 5) is 22.9. The lowest BCUT2D eigenvalue weighted by Gasteiger charge is -2.46. The molecule has 2 aromatic rings. The molecule has 0 saturated carbocycles. The number of hydrogen-bond acceptors (Lipinski definition) is 4. The Kier molecular flexibility index (Phi) is 7.42. The maximum Gasteiger partial charge on any atom is 0.270 e. The number of benzene rings is 1. The number of fused-ring (bicyclic) bond motifs is 1. The van der Waals surface area contributed by atoms with E-state index < -0.39 is 0 Å². The maximum atomic E-state index is 12.9. The lowest BCUT2D eigenvalue weighted by Crippen LogP contribution is -2.53. The Bertz CT molecular complexity index is 837. The fourth-order valence-electron chi connectivity index (χ4n) is 4.57. The molecule has 1 aromatic heterocycles. The number of nitrogens with one attached hydrogen (secondary N) is 1. The van der Waals surface area contributed by atoms with E-state index in [1.165, 1.54) is 32.1 Å². The molecule has 1 fully saturated rings. The first-order valence-corrected chi connectivity index (χ1v) is 11.2. The van der Waals surface area contributed by atoms with Gasteiger partial charge in [0.2, 0.25) is 0 Å². The van der Waals surface area contributed by atoms with Crippen LogP contribution < -0.4 is 4.74 Å². The van der Waals surface area contributed by atoms with Gasteiger partial charge in [-0.25, -0.2) is 0 Å². The molecule has 1 N–H and O–H groups in total. The number of rotatable bonds is 9. The average Bonchev–Trinajstić information content (AvgIpc) is 3.19. The minimum absolute atomic E-state index is 0.0350. The van der Waals surface area contributed by atoms with Crippen molar-refractivity contribution in [3.63, 3.8) is 0 Å². The molecule has 1 aliphatic heterocycles. The highest BCUT2D eigenvalue weighted by Crippen LogP contribution is 2.32. The third-order valence-corrected chi connectivity index (χ3v) is 6.89. The fraction of sp³-hybridized carbons (Fsp3) is 0.625. The van der Waals surface area contributed by atoms with Gasteiger partial charge in [-0.15, -0.1) is 0 Å². The van der Waals surface area contributed by atoms with E-state index in [1.54, 1.807) is 7.11 Å². The summed E-state index contributed by atoms with van der Waals surface area (Å²) >= 11 is 0. The van der Waals surface area contributed by atoms with Gasteiger partial charge in [-0.05, 0) is 70.7 Å². The number of likely N-dealkylation sites (tertiary alicyclic amines) is 1. The largest absolute Gasteiger partial charge is 0.497 e. The zero-order chi connectivity index (χ0) is 21.7. The van der Waals surface area contributed by atoms with Crippen LogP contribution in [-0.2, 0) is 0 Å². The van der Waals surface area contributed by atoms with Crippen molar-refractivity contribution in [1.82, 2.24) is 19.7 Å². The van der Waals surface area contributed by atoms with Gasteiger partial charge in [0.15, 0.2) is 0 Å². The van der Waals surface area contributed by atoms with E-state index in [4.69, 9.17) is 4.74 Å². The van der Waals surface area contributed by atoms with Crippen molar-refractivity contribution in [2.75, 3.05) is 54.4 Å². The van der Waals surface area contributed by atoms with Crippen LogP contribution in [0.5, 0.6) is 5.75 Å². The van der Waals surface area contributed by atoms with Gasteiger partial charge in [0, 0.05) is 36.6 Å². The van der Waals surface area contributed by atoms with Crippen molar-refractivity contribution in [3.05, 3.63) is 30.0 Å².